The largest absolute Gasteiger partial charge is 0.378 e. The van der Waals surface area contributed by atoms with Crippen LogP contribution in [-0.4, -0.2) is 88.7 Å². The Morgan fingerprint density at radius 2 is 1.91 bits per heavy atom. The summed E-state index contributed by atoms with van der Waals surface area (Å²) in [6.45, 7) is 9.51. The van der Waals surface area contributed by atoms with Crippen LogP contribution in [0.15, 0.2) is 12.4 Å². The highest BCUT2D eigenvalue weighted by atomic mass is 16.5. The fourth-order valence-electron chi connectivity index (χ4n) is 3.26. The summed E-state index contributed by atoms with van der Waals surface area (Å²) in [4.78, 5) is 23.6. The third kappa shape index (κ3) is 3.91. The second kappa shape index (κ2) is 7.42. The van der Waals surface area contributed by atoms with Gasteiger partial charge in [-0.1, -0.05) is 0 Å². The van der Waals surface area contributed by atoms with Crippen molar-refractivity contribution in [3.8, 4) is 0 Å². The van der Waals surface area contributed by atoms with Crippen LogP contribution in [0.25, 0.3) is 0 Å². The van der Waals surface area contributed by atoms with Crippen LogP contribution in [0.4, 0.5) is 0 Å². The van der Waals surface area contributed by atoms with Gasteiger partial charge in [-0.2, -0.15) is 0 Å². The van der Waals surface area contributed by atoms with Gasteiger partial charge in [0.05, 0.1) is 25.8 Å². The number of amides is 1. The number of carbonyl (C=O) groups is 1. The van der Waals surface area contributed by atoms with Gasteiger partial charge < -0.3 is 14.2 Å². The molecule has 0 radical (unpaired) electrons. The number of aromatic nitrogens is 2. The molecule has 23 heavy (non-hydrogen) atoms. The number of carbonyl (C=O) groups excluding carboxylic acids is 1. The summed E-state index contributed by atoms with van der Waals surface area (Å²) in [5.74, 6) is 1.33. The molecule has 3 heterocycles. The summed E-state index contributed by atoms with van der Waals surface area (Å²) in [5, 5.41) is 0. The van der Waals surface area contributed by atoms with Crippen molar-refractivity contribution in [1.29, 1.82) is 0 Å². The van der Waals surface area contributed by atoms with Gasteiger partial charge in [-0.15, -0.1) is 0 Å². The molecule has 1 amide bonds. The van der Waals surface area contributed by atoms with Crippen molar-refractivity contribution in [3.63, 3.8) is 0 Å². The maximum Gasteiger partial charge on any atom is 0.239 e. The van der Waals surface area contributed by atoms with Crippen molar-refractivity contribution < 1.29 is 9.53 Å². The number of imidazole rings is 1. The summed E-state index contributed by atoms with van der Waals surface area (Å²) in [5.41, 5.74) is 0. The lowest BCUT2D eigenvalue weighted by molar-refractivity contribution is -0.141. The first-order valence-corrected chi connectivity index (χ1v) is 8.44. The zero-order chi connectivity index (χ0) is 16.2. The minimum absolute atomic E-state index is 0.0385. The Morgan fingerprint density at radius 3 is 2.52 bits per heavy atom. The molecule has 2 fully saturated rings. The molecule has 2 saturated heterocycles. The molecule has 0 bridgehead atoms. The van der Waals surface area contributed by atoms with Gasteiger partial charge in [-0.05, 0) is 6.92 Å². The smallest absolute Gasteiger partial charge is 0.239 e. The minimum Gasteiger partial charge on any atom is -0.378 e. The van der Waals surface area contributed by atoms with Crippen LogP contribution in [-0.2, 0) is 23.1 Å². The molecule has 3 rings (SSSR count). The van der Waals surface area contributed by atoms with Gasteiger partial charge in [0.2, 0.25) is 5.91 Å². The Balaban J connectivity index is 1.48. The molecule has 1 aromatic rings. The summed E-state index contributed by atoms with van der Waals surface area (Å²) >= 11 is 0. The van der Waals surface area contributed by atoms with E-state index in [1.807, 2.05) is 31.3 Å². The number of hydrogen-bond acceptors (Lipinski definition) is 5. The van der Waals surface area contributed by atoms with Crippen LogP contribution in [0.5, 0.6) is 0 Å². The quantitative estimate of drug-likeness (QED) is 0.768. The first-order valence-electron chi connectivity index (χ1n) is 8.44. The molecule has 1 aromatic heterocycles. The van der Waals surface area contributed by atoms with Crippen LogP contribution in [0.2, 0.25) is 0 Å². The monoisotopic (exact) mass is 321 g/mol. The summed E-state index contributed by atoms with van der Waals surface area (Å²) in [7, 11) is 2.03. The molecule has 7 nitrogen and oxygen atoms in total. The zero-order valence-corrected chi connectivity index (χ0v) is 14.1. The predicted molar refractivity (Wildman–Crippen MR) is 86.9 cm³/mol. The van der Waals surface area contributed by atoms with Gasteiger partial charge in [0.25, 0.3) is 0 Å². The number of rotatable bonds is 4. The zero-order valence-electron chi connectivity index (χ0n) is 14.1. The molecule has 1 atom stereocenters. The van der Waals surface area contributed by atoms with Crippen molar-refractivity contribution in [3.05, 3.63) is 18.2 Å². The molecule has 0 aromatic carbocycles. The topological polar surface area (TPSA) is 53.8 Å². The first kappa shape index (κ1) is 16.4. The highest BCUT2D eigenvalue weighted by molar-refractivity contribution is 5.81. The number of morpholine rings is 1. The van der Waals surface area contributed by atoms with Gasteiger partial charge in [-0.3, -0.25) is 14.6 Å². The van der Waals surface area contributed by atoms with E-state index in [1.54, 1.807) is 0 Å². The number of hydrogen-bond donors (Lipinski definition) is 0. The average molecular weight is 321 g/mol. The fraction of sp³-hybridized carbons (Fsp3) is 0.750. The first-order chi connectivity index (χ1) is 11.1. The molecule has 0 saturated carbocycles. The van der Waals surface area contributed by atoms with Crippen molar-refractivity contribution in [2.45, 2.75) is 19.5 Å². The standard InChI is InChI=1S/C16H27N5O2/c1-14(16(22)21-9-11-23-12-10-21)20-7-5-19(6-8-20)13-15-17-3-4-18(15)2/h3-4,14H,5-13H2,1-2H3/t14-/m1/s1. The third-order valence-electron chi connectivity index (χ3n) is 4.92. The van der Waals surface area contributed by atoms with Crippen LogP contribution in [0.3, 0.4) is 0 Å². The molecule has 7 heteroatoms. The van der Waals surface area contributed by atoms with Crippen LogP contribution in [0.1, 0.15) is 12.7 Å². The number of nitrogens with zero attached hydrogens (tertiary/aromatic N) is 5. The van der Waals surface area contributed by atoms with Gasteiger partial charge in [0.15, 0.2) is 0 Å². The van der Waals surface area contributed by atoms with E-state index in [9.17, 15) is 4.79 Å². The Bertz CT molecular complexity index is 518. The number of aryl methyl sites for hydroxylation is 1. The molecule has 0 spiro atoms. The summed E-state index contributed by atoms with van der Waals surface area (Å²) in [6.07, 6.45) is 3.82. The SMILES string of the molecule is C[C@H](C(=O)N1CCOCC1)N1CCN(Cc2nccn2C)CC1. The minimum atomic E-state index is -0.0385. The van der Waals surface area contributed by atoms with Crippen molar-refractivity contribution in [1.82, 2.24) is 24.3 Å². The highest BCUT2D eigenvalue weighted by Crippen LogP contribution is 2.12. The van der Waals surface area contributed by atoms with E-state index in [-0.39, 0.29) is 11.9 Å². The Hall–Kier alpha value is -1.44. The van der Waals surface area contributed by atoms with E-state index in [0.29, 0.717) is 13.2 Å². The van der Waals surface area contributed by atoms with E-state index in [1.165, 1.54) is 0 Å². The molecule has 0 N–H and O–H groups in total. The third-order valence-corrected chi connectivity index (χ3v) is 4.92. The van der Waals surface area contributed by atoms with Crippen molar-refractivity contribution in [2.75, 3.05) is 52.5 Å². The normalized spacial score (nSPS) is 22.3. The van der Waals surface area contributed by atoms with Crippen LogP contribution < -0.4 is 0 Å². The summed E-state index contributed by atoms with van der Waals surface area (Å²) < 4.78 is 7.39. The predicted octanol–water partition coefficient (Wildman–Crippen LogP) is -0.215. The number of ether oxygens (including phenoxy) is 1. The van der Waals surface area contributed by atoms with Crippen LogP contribution in [0, 0.1) is 0 Å². The van der Waals surface area contributed by atoms with Gasteiger partial charge in [-0.25, -0.2) is 4.98 Å². The van der Waals surface area contributed by atoms with E-state index < -0.39 is 0 Å². The van der Waals surface area contributed by atoms with E-state index in [0.717, 1.165) is 51.6 Å². The second-order valence-electron chi connectivity index (χ2n) is 6.38. The lowest BCUT2D eigenvalue weighted by Crippen LogP contribution is -2.55. The van der Waals surface area contributed by atoms with Crippen molar-refractivity contribution in [2.24, 2.45) is 7.05 Å². The van der Waals surface area contributed by atoms with E-state index in [4.69, 9.17) is 4.74 Å². The van der Waals surface area contributed by atoms with Crippen molar-refractivity contribution >= 4 is 5.91 Å². The van der Waals surface area contributed by atoms with E-state index in [2.05, 4.69) is 19.4 Å². The molecule has 2 aliphatic heterocycles. The fourth-order valence-corrected chi connectivity index (χ4v) is 3.26. The Labute approximate surface area is 137 Å². The van der Waals surface area contributed by atoms with E-state index >= 15 is 0 Å². The second-order valence-corrected chi connectivity index (χ2v) is 6.38. The van der Waals surface area contributed by atoms with Gasteiger partial charge in [0.1, 0.15) is 5.82 Å². The number of piperazine rings is 1. The molecule has 2 aliphatic rings. The van der Waals surface area contributed by atoms with Gasteiger partial charge in [0, 0.05) is 58.7 Å². The van der Waals surface area contributed by atoms with Crippen LogP contribution >= 0.6 is 0 Å². The molecule has 0 unspecified atom stereocenters. The lowest BCUT2D eigenvalue weighted by atomic mass is 10.2. The Kier molecular flexibility index (Phi) is 5.30. The highest BCUT2D eigenvalue weighted by Gasteiger charge is 2.29. The Morgan fingerprint density at radius 1 is 1.22 bits per heavy atom. The maximum absolute atomic E-state index is 12.6. The average Bonchev–Trinajstić information content (AvgIpc) is 3.00. The molecular weight excluding hydrogens is 294 g/mol. The summed E-state index contributed by atoms with van der Waals surface area (Å²) in [6, 6.07) is -0.0385. The van der Waals surface area contributed by atoms with Gasteiger partial charge >= 0.3 is 0 Å². The lowest BCUT2D eigenvalue weighted by Gasteiger charge is -2.39. The maximum atomic E-state index is 12.6. The molecule has 128 valence electrons. The molecular formula is C16H27N5O2. The molecule has 0 aliphatic carbocycles.